The summed E-state index contributed by atoms with van der Waals surface area (Å²) in [6.45, 7) is 6.25. The second-order valence-corrected chi connectivity index (χ2v) is 4.94. The number of hydrogen-bond acceptors (Lipinski definition) is 3. The van der Waals surface area contributed by atoms with Gasteiger partial charge < -0.3 is 9.84 Å². The number of aromatic nitrogens is 1. The highest BCUT2D eigenvalue weighted by Crippen LogP contribution is 2.31. The summed E-state index contributed by atoms with van der Waals surface area (Å²) >= 11 is 0. The van der Waals surface area contributed by atoms with Crippen molar-refractivity contribution in [1.82, 2.24) is 4.98 Å². The van der Waals surface area contributed by atoms with Crippen LogP contribution in [0, 0.1) is 6.92 Å². The van der Waals surface area contributed by atoms with Crippen molar-refractivity contribution in [2.45, 2.75) is 33.3 Å². The van der Waals surface area contributed by atoms with E-state index in [9.17, 15) is 0 Å². The first-order valence-electron chi connectivity index (χ1n) is 6.44. The van der Waals surface area contributed by atoms with Crippen molar-refractivity contribution >= 4 is 0 Å². The smallest absolute Gasteiger partial charge is 0.131 e. The Hall–Kier alpha value is -1.87. The summed E-state index contributed by atoms with van der Waals surface area (Å²) in [6, 6.07) is 9.78. The Bertz CT molecular complexity index is 564. The number of aryl methyl sites for hydroxylation is 1. The number of rotatable bonds is 4. The fourth-order valence-electron chi connectivity index (χ4n) is 1.94. The Morgan fingerprint density at radius 2 is 2.00 bits per heavy atom. The largest absolute Gasteiger partial charge is 0.457 e. The molecule has 3 heteroatoms. The van der Waals surface area contributed by atoms with Crippen LogP contribution < -0.4 is 4.74 Å². The molecule has 19 heavy (non-hydrogen) atoms. The Morgan fingerprint density at radius 3 is 2.68 bits per heavy atom. The van der Waals surface area contributed by atoms with Gasteiger partial charge in [-0.3, -0.25) is 4.98 Å². The van der Waals surface area contributed by atoms with Crippen molar-refractivity contribution < 1.29 is 9.84 Å². The predicted molar refractivity (Wildman–Crippen MR) is 75.5 cm³/mol. The van der Waals surface area contributed by atoms with Crippen LogP contribution in [0.15, 0.2) is 36.5 Å². The quantitative estimate of drug-likeness (QED) is 0.906. The molecule has 0 aliphatic carbocycles. The summed E-state index contributed by atoms with van der Waals surface area (Å²) < 4.78 is 5.94. The number of nitrogens with zero attached hydrogens (tertiary/aromatic N) is 1. The molecule has 0 radical (unpaired) electrons. The zero-order valence-electron chi connectivity index (χ0n) is 11.6. The Balaban J connectivity index is 2.33. The third-order valence-corrected chi connectivity index (χ3v) is 2.97. The molecule has 1 heterocycles. The topological polar surface area (TPSA) is 42.4 Å². The molecular formula is C16H19NO2. The monoisotopic (exact) mass is 257 g/mol. The van der Waals surface area contributed by atoms with E-state index in [1.165, 1.54) is 5.56 Å². The summed E-state index contributed by atoms with van der Waals surface area (Å²) in [5, 5.41) is 9.10. The molecule has 0 aliphatic heterocycles. The van der Waals surface area contributed by atoms with Crippen LogP contribution in [-0.2, 0) is 6.61 Å². The van der Waals surface area contributed by atoms with E-state index >= 15 is 0 Å². The van der Waals surface area contributed by atoms with Gasteiger partial charge in [-0.15, -0.1) is 0 Å². The fourth-order valence-corrected chi connectivity index (χ4v) is 1.94. The van der Waals surface area contributed by atoms with Gasteiger partial charge in [-0.1, -0.05) is 26.0 Å². The van der Waals surface area contributed by atoms with E-state index in [0.717, 1.165) is 11.3 Å². The standard InChI is InChI=1S/C16H19NO2/c1-11(2)15-5-4-12(3)8-16(15)19-14-6-7-17-13(9-14)10-18/h4-9,11,18H,10H2,1-3H3. The van der Waals surface area contributed by atoms with Crippen molar-refractivity contribution in [3.05, 3.63) is 53.3 Å². The van der Waals surface area contributed by atoms with Gasteiger partial charge in [-0.2, -0.15) is 0 Å². The van der Waals surface area contributed by atoms with Gasteiger partial charge in [0.2, 0.25) is 0 Å². The molecule has 100 valence electrons. The molecule has 1 N–H and O–H groups in total. The Labute approximate surface area is 113 Å². The summed E-state index contributed by atoms with van der Waals surface area (Å²) in [6.07, 6.45) is 1.64. The molecule has 2 aromatic rings. The molecule has 0 amide bonds. The second kappa shape index (κ2) is 5.85. The lowest BCUT2D eigenvalue weighted by Gasteiger charge is -2.14. The first-order chi connectivity index (χ1) is 9.10. The van der Waals surface area contributed by atoms with Crippen LogP contribution in [0.2, 0.25) is 0 Å². The molecule has 0 unspecified atom stereocenters. The molecule has 0 aliphatic rings. The van der Waals surface area contributed by atoms with Gasteiger partial charge in [-0.05, 0) is 36.1 Å². The SMILES string of the molecule is Cc1ccc(C(C)C)c(Oc2ccnc(CO)c2)c1. The minimum Gasteiger partial charge on any atom is -0.457 e. The third-order valence-electron chi connectivity index (χ3n) is 2.97. The van der Waals surface area contributed by atoms with E-state index in [-0.39, 0.29) is 6.61 Å². The summed E-state index contributed by atoms with van der Waals surface area (Å²) in [5.74, 6) is 1.96. The maximum atomic E-state index is 9.10. The second-order valence-electron chi connectivity index (χ2n) is 4.94. The molecule has 0 fully saturated rings. The lowest BCUT2D eigenvalue weighted by molar-refractivity contribution is 0.276. The number of hydrogen-bond donors (Lipinski definition) is 1. The summed E-state index contributed by atoms with van der Waals surface area (Å²) in [4.78, 5) is 4.04. The normalized spacial score (nSPS) is 10.8. The average molecular weight is 257 g/mol. The highest BCUT2D eigenvalue weighted by atomic mass is 16.5. The van der Waals surface area contributed by atoms with Crippen LogP contribution in [0.25, 0.3) is 0 Å². The van der Waals surface area contributed by atoms with Gasteiger partial charge >= 0.3 is 0 Å². The fraction of sp³-hybridized carbons (Fsp3) is 0.312. The molecule has 0 bridgehead atoms. The van der Waals surface area contributed by atoms with Crippen LogP contribution >= 0.6 is 0 Å². The van der Waals surface area contributed by atoms with Crippen LogP contribution in [0.3, 0.4) is 0 Å². The van der Waals surface area contributed by atoms with Crippen molar-refractivity contribution in [2.24, 2.45) is 0 Å². The van der Waals surface area contributed by atoms with Crippen molar-refractivity contribution in [3.8, 4) is 11.5 Å². The molecule has 0 spiro atoms. The summed E-state index contributed by atoms with van der Waals surface area (Å²) in [7, 11) is 0. The zero-order valence-corrected chi connectivity index (χ0v) is 11.6. The van der Waals surface area contributed by atoms with Gasteiger partial charge in [-0.25, -0.2) is 0 Å². The van der Waals surface area contributed by atoms with E-state index < -0.39 is 0 Å². The van der Waals surface area contributed by atoms with Crippen LogP contribution in [-0.4, -0.2) is 10.1 Å². The lowest BCUT2D eigenvalue weighted by Crippen LogP contribution is -1.96. The zero-order chi connectivity index (χ0) is 13.8. The van der Waals surface area contributed by atoms with Crippen molar-refractivity contribution in [3.63, 3.8) is 0 Å². The molecule has 0 atom stereocenters. The van der Waals surface area contributed by atoms with Crippen molar-refractivity contribution in [2.75, 3.05) is 0 Å². The number of ether oxygens (including phenoxy) is 1. The molecule has 0 saturated carbocycles. The molecular weight excluding hydrogens is 238 g/mol. The minimum absolute atomic E-state index is 0.0813. The molecule has 1 aromatic heterocycles. The molecule has 3 nitrogen and oxygen atoms in total. The van der Waals surface area contributed by atoms with Gasteiger partial charge in [0, 0.05) is 12.3 Å². The summed E-state index contributed by atoms with van der Waals surface area (Å²) in [5.41, 5.74) is 2.94. The van der Waals surface area contributed by atoms with Gasteiger partial charge in [0.05, 0.1) is 12.3 Å². The number of pyridine rings is 1. The Kier molecular flexibility index (Phi) is 4.17. The maximum absolute atomic E-state index is 9.10. The number of benzene rings is 1. The van der Waals surface area contributed by atoms with Gasteiger partial charge in [0.1, 0.15) is 11.5 Å². The van der Waals surface area contributed by atoms with E-state index in [4.69, 9.17) is 9.84 Å². The lowest BCUT2D eigenvalue weighted by atomic mass is 10.0. The van der Waals surface area contributed by atoms with Crippen LogP contribution in [0.1, 0.15) is 36.6 Å². The van der Waals surface area contributed by atoms with Crippen LogP contribution in [0.4, 0.5) is 0 Å². The predicted octanol–water partition coefficient (Wildman–Crippen LogP) is 3.80. The van der Waals surface area contributed by atoms with Gasteiger partial charge in [0.15, 0.2) is 0 Å². The molecule has 0 saturated heterocycles. The van der Waals surface area contributed by atoms with Crippen LogP contribution in [0.5, 0.6) is 11.5 Å². The third kappa shape index (κ3) is 3.32. The number of aliphatic hydroxyl groups is 1. The van der Waals surface area contributed by atoms with Crippen molar-refractivity contribution in [1.29, 1.82) is 0 Å². The first kappa shape index (κ1) is 13.6. The Morgan fingerprint density at radius 1 is 1.21 bits per heavy atom. The van der Waals surface area contributed by atoms with E-state index in [0.29, 0.717) is 17.4 Å². The first-order valence-corrected chi connectivity index (χ1v) is 6.44. The molecule has 1 aromatic carbocycles. The average Bonchev–Trinajstić information content (AvgIpc) is 2.38. The van der Waals surface area contributed by atoms with Gasteiger partial charge in [0.25, 0.3) is 0 Å². The van der Waals surface area contributed by atoms with E-state index in [2.05, 4.69) is 31.0 Å². The minimum atomic E-state index is -0.0813. The number of aliphatic hydroxyl groups excluding tert-OH is 1. The highest BCUT2D eigenvalue weighted by Gasteiger charge is 2.09. The van der Waals surface area contributed by atoms with E-state index in [1.807, 2.05) is 13.0 Å². The van der Waals surface area contributed by atoms with E-state index in [1.54, 1.807) is 18.3 Å². The molecule has 2 rings (SSSR count). The highest BCUT2D eigenvalue weighted by molar-refractivity contribution is 5.42. The maximum Gasteiger partial charge on any atom is 0.131 e.